The van der Waals surface area contributed by atoms with E-state index in [1.807, 2.05) is 0 Å². The van der Waals surface area contributed by atoms with Gasteiger partial charge in [-0.1, -0.05) is 12.1 Å². The number of alkyl halides is 3. The fraction of sp³-hybridized carbons (Fsp3) is 0.176. The molecule has 0 bridgehead atoms. The molecular weight excluding hydrogens is 328 g/mol. The molecule has 0 radical (unpaired) electrons. The van der Waals surface area contributed by atoms with Crippen molar-refractivity contribution in [3.05, 3.63) is 65.5 Å². The molecular formula is C17H12F4O3. The maximum atomic E-state index is 12.8. The zero-order chi connectivity index (χ0) is 17.7. The Bertz CT molecular complexity index is 719. The summed E-state index contributed by atoms with van der Waals surface area (Å²) in [6.07, 6.45) is -6.24. The minimum absolute atomic E-state index is 0.0123. The van der Waals surface area contributed by atoms with E-state index in [-0.39, 0.29) is 18.0 Å². The highest BCUT2D eigenvalue weighted by Gasteiger charge is 2.39. The maximum absolute atomic E-state index is 12.8. The first-order valence-electron chi connectivity index (χ1n) is 6.86. The lowest BCUT2D eigenvalue weighted by atomic mass is 10.1. The Morgan fingerprint density at radius 1 is 0.917 bits per heavy atom. The van der Waals surface area contributed by atoms with Gasteiger partial charge in [-0.25, -0.2) is 4.39 Å². The Kier molecular flexibility index (Phi) is 5.33. The molecule has 0 N–H and O–H groups in total. The molecule has 0 spiro atoms. The Labute approximate surface area is 134 Å². The van der Waals surface area contributed by atoms with Crippen LogP contribution in [0.5, 0.6) is 5.75 Å². The minimum atomic E-state index is -5.02. The molecule has 0 unspecified atom stereocenters. The third-order valence-electron chi connectivity index (χ3n) is 3.13. The Morgan fingerprint density at radius 2 is 1.50 bits per heavy atom. The van der Waals surface area contributed by atoms with Crippen LogP contribution < -0.4 is 4.74 Å². The van der Waals surface area contributed by atoms with Crippen molar-refractivity contribution in [2.24, 2.45) is 0 Å². The van der Waals surface area contributed by atoms with Crippen molar-refractivity contribution in [3.8, 4) is 5.75 Å². The van der Waals surface area contributed by atoms with E-state index >= 15 is 0 Å². The van der Waals surface area contributed by atoms with Crippen LogP contribution in [0.2, 0.25) is 0 Å². The lowest BCUT2D eigenvalue weighted by Crippen LogP contribution is -2.25. The smallest absolute Gasteiger partial charge is 0.450 e. The quantitative estimate of drug-likeness (QED) is 0.452. The molecule has 126 valence electrons. The van der Waals surface area contributed by atoms with E-state index in [0.29, 0.717) is 5.75 Å². The molecule has 0 heterocycles. The van der Waals surface area contributed by atoms with Gasteiger partial charge in [-0.05, 0) is 42.0 Å². The van der Waals surface area contributed by atoms with Gasteiger partial charge in [-0.15, -0.1) is 0 Å². The SMILES string of the molecule is O=C(CC(=O)C(F)(F)F)c1ccc(OCc2ccc(F)cc2)cc1. The number of ether oxygens (including phenoxy) is 1. The average molecular weight is 340 g/mol. The number of carbonyl (C=O) groups is 2. The molecule has 0 atom stereocenters. The first-order chi connectivity index (χ1) is 11.3. The van der Waals surface area contributed by atoms with Gasteiger partial charge in [0.05, 0.1) is 6.42 Å². The van der Waals surface area contributed by atoms with Gasteiger partial charge in [0.1, 0.15) is 18.2 Å². The Morgan fingerprint density at radius 3 is 2.04 bits per heavy atom. The van der Waals surface area contributed by atoms with E-state index in [1.54, 1.807) is 12.1 Å². The molecule has 2 aromatic rings. The molecule has 0 fully saturated rings. The summed E-state index contributed by atoms with van der Waals surface area (Å²) in [7, 11) is 0. The highest BCUT2D eigenvalue weighted by molar-refractivity contribution is 6.09. The van der Waals surface area contributed by atoms with Crippen molar-refractivity contribution < 1.29 is 31.9 Å². The van der Waals surface area contributed by atoms with Gasteiger partial charge in [0, 0.05) is 5.56 Å². The highest BCUT2D eigenvalue weighted by atomic mass is 19.4. The standard InChI is InChI=1S/C17H12F4O3/c18-13-5-1-11(2-6-13)10-24-14-7-3-12(4-8-14)15(22)9-16(23)17(19,20)21/h1-8H,9-10H2. The lowest BCUT2D eigenvalue weighted by Gasteiger charge is -2.08. The summed E-state index contributed by atoms with van der Waals surface area (Å²) >= 11 is 0. The number of hydrogen-bond acceptors (Lipinski definition) is 3. The van der Waals surface area contributed by atoms with Crippen LogP contribution in [0, 0.1) is 5.82 Å². The van der Waals surface area contributed by atoms with Crippen LogP contribution in [-0.2, 0) is 11.4 Å². The number of ketones is 2. The zero-order valence-electron chi connectivity index (χ0n) is 12.3. The number of rotatable bonds is 6. The summed E-state index contributed by atoms with van der Waals surface area (Å²) in [5.41, 5.74) is 0.717. The second-order valence-electron chi connectivity index (χ2n) is 4.96. The molecule has 3 nitrogen and oxygen atoms in total. The van der Waals surface area contributed by atoms with Gasteiger partial charge in [0.2, 0.25) is 5.78 Å². The molecule has 0 saturated carbocycles. The molecule has 24 heavy (non-hydrogen) atoms. The summed E-state index contributed by atoms with van der Waals surface area (Å²) in [6, 6.07) is 11.1. The van der Waals surface area contributed by atoms with E-state index in [0.717, 1.165) is 5.56 Å². The predicted octanol–water partition coefficient (Wildman–Crippen LogP) is 4.11. The van der Waals surface area contributed by atoms with Gasteiger partial charge in [0.25, 0.3) is 0 Å². The summed E-state index contributed by atoms with van der Waals surface area (Å²) in [4.78, 5) is 22.4. The van der Waals surface area contributed by atoms with Gasteiger partial charge in [-0.3, -0.25) is 9.59 Å². The first-order valence-corrected chi connectivity index (χ1v) is 6.86. The van der Waals surface area contributed by atoms with Crippen LogP contribution in [0.25, 0.3) is 0 Å². The monoisotopic (exact) mass is 340 g/mol. The molecule has 0 aliphatic rings. The predicted molar refractivity (Wildman–Crippen MR) is 77.2 cm³/mol. The number of hydrogen-bond donors (Lipinski definition) is 0. The zero-order valence-corrected chi connectivity index (χ0v) is 12.3. The summed E-state index contributed by atoms with van der Waals surface area (Å²) in [6.45, 7) is 0.167. The van der Waals surface area contributed by atoms with Gasteiger partial charge in [-0.2, -0.15) is 13.2 Å². The van der Waals surface area contributed by atoms with Crippen molar-refractivity contribution in [2.75, 3.05) is 0 Å². The van der Waals surface area contributed by atoms with E-state index in [1.165, 1.54) is 36.4 Å². The fourth-order valence-corrected chi connectivity index (χ4v) is 1.83. The van der Waals surface area contributed by atoms with Gasteiger partial charge in [0.15, 0.2) is 5.78 Å². The fourth-order valence-electron chi connectivity index (χ4n) is 1.83. The second kappa shape index (κ2) is 7.25. The van der Waals surface area contributed by atoms with Crippen LogP contribution in [0.4, 0.5) is 17.6 Å². The molecule has 0 amide bonds. The molecule has 2 rings (SSSR count). The number of halogens is 4. The molecule has 0 aromatic heterocycles. The first kappa shape index (κ1) is 17.7. The van der Waals surface area contributed by atoms with Crippen LogP contribution in [0.3, 0.4) is 0 Å². The number of Topliss-reactive ketones (excluding diaryl/α,β-unsaturated/α-hetero) is 2. The number of carbonyl (C=O) groups excluding carboxylic acids is 2. The summed E-state index contributed by atoms with van der Waals surface area (Å²) in [5, 5.41) is 0. The lowest BCUT2D eigenvalue weighted by molar-refractivity contribution is -0.170. The third-order valence-corrected chi connectivity index (χ3v) is 3.13. The molecule has 0 saturated heterocycles. The minimum Gasteiger partial charge on any atom is -0.489 e. The van der Waals surface area contributed by atoms with E-state index < -0.39 is 24.2 Å². The van der Waals surface area contributed by atoms with E-state index in [9.17, 15) is 27.2 Å². The van der Waals surface area contributed by atoms with Crippen molar-refractivity contribution in [3.63, 3.8) is 0 Å². The van der Waals surface area contributed by atoms with Crippen LogP contribution in [0.15, 0.2) is 48.5 Å². The summed E-state index contributed by atoms with van der Waals surface area (Å²) < 4.78 is 54.6. The van der Waals surface area contributed by atoms with Crippen molar-refractivity contribution >= 4 is 11.6 Å². The Balaban J connectivity index is 1.94. The highest BCUT2D eigenvalue weighted by Crippen LogP contribution is 2.20. The van der Waals surface area contributed by atoms with Gasteiger partial charge < -0.3 is 4.74 Å². The van der Waals surface area contributed by atoms with Gasteiger partial charge >= 0.3 is 6.18 Å². The molecule has 0 aliphatic carbocycles. The van der Waals surface area contributed by atoms with Crippen molar-refractivity contribution in [2.45, 2.75) is 19.2 Å². The largest absolute Gasteiger partial charge is 0.489 e. The molecule has 0 aliphatic heterocycles. The second-order valence-corrected chi connectivity index (χ2v) is 4.96. The number of benzene rings is 2. The maximum Gasteiger partial charge on any atom is 0.450 e. The molecule has 7 heteroatoms. The van der Waals surface area contributed by atoms with E-state index in [4.69, 9.17) is 4.74 Å². The summed E-state index contributed by atoms with van der Waals surface area (Å²) in [5.74, 6) is -2.97. The molecule has 2 aromatic carbocycles. The Hall–Kier alpha value is -2.70. The van der Waals surface area contributed by atoms with Crippen LogP contribution in [-0.4, -0.2) is 17.7 Å². The van der Waals surface area contributed by atoms with Crippen molar-refractivity contribution in [1.82, 2.24) is 0 Å². The topological polar surface area (TPSA) is 43.4 Å². The average Bonchev–Trinajstić information content (AvgIpc) is 2.54. The van der Waals surface area contributed by atoms with Crippen LogP contribution >= 0.6 is 0 Å². The van der Waals surface area contributed by atoms with E-state index in [2.05, 4.69) is 0 Å². The van der Waals surface area contributed by atoms with Crippen molar-refractivity contribution in [1.29, 1.82) is 0 Å². The normalized spacial score (nSPS) is 11.2. The third kappa shape index (κ3) is 4.91. The van der Waals surface area contributed by atoms with Crippen LogP contribution in [0.1, 0.15) is 22.3 Å².